The molecule has 0 aliphatic rings. The molecular weight excluding hydrogens is 164 g/mol. The number of rotatable bonds is 1. The molecule has 0 amide bonds. The van der Waals surface area contributed by atoms with Crippen LogP contribution < -0.4 is 11.5 Å². The fraction of sp³-hybridized carbons (Fsp3) is 0.111. The van der Waals surface area contributed by atoms with Crippen molar-refractivity contribution in [1.29, 1.82) is 10.7 Å². The van der Waals surface area contributed by atoms with E-state index >= 15 is 0 Å². The van der Waals surface area contributed by atoms with Crippen molar-refractivity contribution in [2.24, 2.45) is 5.73 Å². The van der Waals surface area contributed by atoms with E-state index in [0.717, 1.165) is 0 Å². The SMILES string of the molecule is CC#N.N=C(N)c1cccc(N)c1. The first kappa shape index (κ1) is 11.0. The average molecular weight is 176 g/mol. The lowest BCUT2D eigenvalue weighted by Crippen LogP contribution is -2.10. The van der Waals surface area contributed by atoms with Crippen LogP contribution >= 0.6 is 0 Å². The van der Waals surface area contributed by atoms with Crippen molar-refractivity contribution in [2.75, 3.05) is 5.73 Å². The third kappa shape index (κ3) is 4.43. The van der Waals surface area contributed by atoms with E-state index in [0.29, 0.717) is 11.3 Å². The number of nitrogens with one attached hydrogen (secondary N) is 1. The van der Waals surface area contributed by atoms with E-state index in [2.05, 4.69) is 0 Å². The number of nitrogens with zero attached hydrogens (tertiary/aromatic N) is 1. The number of benzene rings is 1. The Bertz CT molecular complexity index is 325. The van der Waals surface area contributed by atoms with Crippen molar-refractivity contribution in [3.05, 3.63) is 29.8 Å². The number of amidine groups is 1. The van der Waals surface area contributed by atoms with Crippen LogP contribution in [0.25, 0.3) is 0 Å². The molecular formula is C9H12N4. The van der Waals surface area contributed by atoms with Crippen LogP contribution in [0.1, 0.15) is 12.5 Å². The van der Waals surface area contributed by atoms with Gasteiger partial charge in [0.2, 0.25) is 0 Å². The molecule has 0 aromatic heterocycles. The van der Waals surface area contributed by atoms with Crippen LogP contribution in [0, 0.1) is 16.7 Å². The monoisotopic (exact) mass is 176 g/mol. The van der Waals surface area contributed by atoms with Crippen molar-refractivity contribution in [3.8, 4) is 6.07 Å². The van der Waals surface area contributed by atoms with Gasteiger partial charge >= 0.3 is 0 Å². The highest BCUT2D eigenvalue weighted by Crippen LogP contribution is 2.04. The van der Waals surface area contributed by atoms with Crippen LogP contribution in [0.15, 0.2) is 24.3 Å². The Labute approximate surface area is 77.3 Å². The van der Waals surface area contributed by atoms with Gasteiger partial charge in [0.05, 0.1) is 6.07 Å². The van der Waals surface area contributed by atoms with Gasteiger partial charge in [-0.2, -0.15) is 5.26 Å². The van der Waals surface area contributed by atoms with E-state index in [9.17, 15) is 0 Å². The molecule has 0 heterocycles. The number of hydrogen-bond acceptors (Lipinski definition) is 3. The van der Waals surface area contributed by atoms with E-state index in [4.69, 9.17) is 22.1 Å². The highest BCUT2D eigenvalue weighted by molar-refractivity contribution is 5.95. The minimum atomic E-state index is 0.0484. The first-order valence-electron chi connectivity index (χ1n) is 3.62. The highest BCUT2D eigenvalue weighted by atomic mass is 14.7. The van der Waals surface area contributed by atoms with Gasteiger partial charge in [-0.1, -0.05) is 12.1 Å². The summed E-state index contributed by atoms with van der Waals surface area (Å²) in [4.78, 5) is 0. The number of hydrogen-bond donors (Lipinski definition) is 3. The average Bonchev–Trinajstić information content (AvgIpc) is 2.05. The number of nitrogen functional groups attached to an aromatic ring is 2. The van der Waals surface area contributed by atoms with Crippen molar-refractivity contribution in [3.63, 3.8) is 0 Å². The minimum Gasteiger partial charge on any atom is -0.399 e. The van der Waals surface area contributed by atoms with Crippen LogP contribution in [0.5, 0.6) is 0 Å². The van der Waals surface area contributed by atoms with Gasteiger partial charge < -0.3 is 11.5 Å². The maximum atomic E-state index is 7.32. The molecule has 0 bridgehead atoms. The van der Waals surface area contributed by atoms with Crippen molar-refractivity contribution < 1.29 is 0 Å². The number of nitriles is 1. The molecule has 1 aromatic rings. The Morgan fingerprint density at radius 3 is 2.38 bits per heavy atom. The molecule has 5 N–H and O–H groups in total. The Hall–Kier alpha value is -2.02. The molecule has 0 unspecified atom stereocenters. The third-order valence-electron chi connectivity index (χ3n) is 1.20. The van der Waals surface area contributed by atoms with Gasteiger partial charge in [-0.05, 0) is 12.1 Å². The molecule has 13 heavy (non-hydrogen) atoms. The Morgan fingerprint density at radius 1 is 1.54 bits per heavy atom. The lowest BCUT2D eigenvalue weighted by molar-refractivity contribution is 1.42. The van der Waals surface area contributed by atoms with Crippen LogP contribution in [0.4, 0.5) is 5.69 Å². The third-order valence-corrected chi connectivity index (χ3v) is 1.20. The molecule has 0 saturated heterocycles. The summed E-state index contributed by atoms with van der Waals surface area (Å²) in [6.45, 7) is 1.43. The number of nitrogens with two attached hydrogens (primary N) is 2. The fourth-order valence-electron chi connectivity index (χ4n) is 0.706. The zero-order valence-corrected chi connectivity index (χ0v) is 7.41. The molecule has 0 atom stereocenters. The summed E-state index contributed by atoms with van der Waals surface area (Å²) in [5, 5.41) is 14.4. The predicted molar refractivity (Wildman–Crippen MR) is 53.2 cm³/mol. The second-order valence-electron chi connectivity index (χ2n) is 2.26. The van der Waals surface area contributed by atoms with E-state index in [1.54, 1.807) is 30.3 Å². The summed E-state index contributed by atoms with van der Waals surface area (Å²) in [5.41, 5.74) is 12.0. The molecule has 68 valence electrons. The van der Waals surface area contributed by atoms with Gasteiger partial charge in [-0.15, -0.1) is 0 Å². The van der Waals surface area contributed by atoms with Crippen LogP contribution in [-0.4, -0.2) is 5.84 Å². The van der Waals surface area contributed by atoms with E-state index in [1.807, 2.05) is 0 Å². The van der Waals surface area contributed by atoms with Crippen LogP contribution in [-0.2, 0) is 0 Å². The van der Waals surface area contributed by atoms with Crippen LogP contribution in [0.3, 0.4) is 0 Å². The summed E-state index contributed by atoms with van der Waals surface area (Å²) in [6, 6.07) is 8.69. The van der Waals surface area contributed by atoms with Gasteiger partial charge in [0.15, 0.2) is 0 Å². The quantitative estimate of drug-likeness (QED) is 0.339. The maximum Gasteiger partial charge on any atom is 0.122 e. The van der Waals surface area contributed by atoms with Crippen molar-refractivity contribution >= 4 is 11.5 Å². The predicted octanol–water partition coefficient (Wildman–Crippen LogP) is 1.08. The van der Waals surface area contributed by atoms with Gasteiger partial charge in [-0.3, -0.25) is 5.41 Å². The summed E-state index contributed by atoms with van der Waals surface area (Å²) in [6.07, 6.45) is 0. The smallest absolute Gasteiger partial charge is 0.122 e. The van der Waals surface area contributed by atoms with E-state index < -0.39 is 0 Å². The largest absolute Gasteiger partial charge is 0.399 e. The van der Waals surface area contributed by atoms with Gasteiger partial charge in [0.25, 0.3) is 0 Å². The molecule has 0 fully saturated rings. The van der Waals surface area contributed by atoms with Crippen molar-refractivity contribution in [1.82, 2.24) is 0 Å². The van der Waals surface area contributed by atoms with Gasteiger partial charge in [0, 0.05) is 18.2 Å². The lowest BCUT2D eigenvalue weighted by atomic mass is 10.2. The molecule has 1 rings (SSSR count). The minimum absolute atomic E-state index is 0.0484. The molecule has 4 heteroatoms. The van der Waals surface area contributed by atoms with Crippen LogP contribution in [0.2, 0.25) is 0 Å². The van der Waals surface area contributed by atoms with E-state index in [1.165, 1.54) is 6.92 Å². The Kier molecular flexibility index (Phi) is 4.74. The zero-order valence-electron chi connectivity index (χ0n) is 7.41. The zero-order chi connectivity index (χ0) is 10.3. The molecule has 0 saturated carbocycles. The summed E-state index contributed by atoms with van der Waals surface area (Å²) < 4.78 is 0. The Balaban J connectivity index is 0.000000424. The lowest BCUT2D eigenvalue weighted by Gasteiger charge is -1.97. The molecule has 0 aliphatic carbocycles. The molecule has 0 spiro atoms. The highest BCUT2D eigenvalue weighted by Gasteiger charge is 1.93. The summed E-state index contributed by atoms with van der Waals surface area (Å²) in [7, 11) is 0. The fourth-order valence-corrected chi connectivity index (χ4v) is 0.706. The first-order chi connectivity index (χ1) is 6.11. The molecule has 0 aliphatic heterocycles. The van der Waals surface area contributed by atoms with E-state index in [-0.39, 0.29) is 5.84 Å². The topological polar surface area (TPSA) is 99.7 Å². The standard InChI is InChI=1S/C7H9N3.C2H3N/c8-6-3-1-2-5(4-6)7(9)10;1-2-3/h1-4H,8H2,(H3,9,10);1H3. The second kappa shape index (κ2) is 5.61. The Morgan fingerprint density at radius 2 is 2.08 bits per heavy atom. The second-order valence-corrected chi connectivity index (χ2v) is 2.26. The van der Waals surface area contributed by atoms with Gasteiger partial charge in [-0.25, -0.2) is 0 Å². The maximum absolute atomic E-state index is 7.32. The normalized spacial score (nSPS) is 7.69. The van der Waals surface area contributed by atoms with Crippen molar-refractivity contribution in [2.45, 2.75) is 6.92 Å². The summed E-state index contributed by atoms with van der Waals surface area (Å²) in [5.74, 6) is 0.0484. The number of anilines is 1. The molecule has 0 radical (unpaired) electrons. The first-order valence-corrected chi connectivity index (χ1v) is 3.62. The van der Waals surface area contributed by atoms with Gasteiger partial charge in [0.1, 0.15) is 5.84 Å². The molecule has 1 aromatic carbocycles. The summed E-state index contributed by atoms with van der Waals surface area (Å²) >= 11 is 0. The molecule has 4 nitrogen and oxygen atoms in total.